The summed E-state index contributed by atoms with van der Waals surface area (Å²) in [6, 6.07) is 12.5. The lowest BCUT2D eigenvalue weighted by molar-refractivity contribution is 0.507. The molecule has 1 N–H and O–H groups in total. The smallest absolute Gasteiger partial charge is 0.159 e. The summed E-state index contributed by atoms with van der Waals surface area (Å²) >= 11 is 0. The maximum atomic E-state index is 13.4. The highest BCUT2D eigenvalue weighted by Crippen LogP contribution is 2.24. The number of hydrazone groups is 1. The molecule has 0 bridgehead atoms. The molecule has 2 aromatic rings. The number of benzene rings is 2. The number of hydrogen-bond donors (Lipinski definition) is 1. The van der Waals surface area contributed by atoms with Gasteiger partial charge in [-0.25, -0.2) is 8.78 Å². The van der Waals surface area contributed by atoms with Crippen molar-refractivity contribution >= 4 is 11.8 Å². The van der Waals surface area contributed by atoms with Crippen LogP contribution in [0.25, 0.3) is 5.57 Å². The Morgan fingerprint density at radius 2 is 1.51 bits per heavy atom. The zero-order chi connectivity index (χ0) is 28.6. The third-order valence-corrected chi connectivity index (χ3v) is 6.11. The van der Waals surface area contributed by atoms with E-state index < -0.39 is 11.6 Å². The third-order valence-electron chi connectivity index (χ3n) is 6.11. The van der Waals surface area contributed by atoms with Crippen LogP contribution in [0.3, 0.4) is 0 Å². The summed E-state index contributed by atoms with van der Waals surface area (Å²) in [7, 11) is 1.79. The van der Waals surface area contributed by atoms with Gasteiger partial charge in [0.15, 0.2) is 11.6 Å². The van der Waals surface area contributed by atoms with Gasteiger partial charge in [-0.1, -0.05) is 97.7 Å². The SMILES string of the molecule is C=C(C)/C(=C\C=C/CCc1ccc(F)c(F)c1)C(=C)CC/C=C/C=C(\C(=C)C)c1ccc(CC=NNC)cc1. The van der Waals surface area contributed by atoms with Gasteiger partial charge in [-0.2, -0.15) is 5.10 Å². The van der Waals surface area contributed by atoms with Crippen LogP contribution in [0.4, 0.5) is 8.78 Å². The highest BCUT2D eigenvalue weighted by Gasteiger charge is 2.04. The van der Waals surface area contributed by atoms with E-state index in [0.717, 1.165) is 64.7 Å². The van der Waals surface area contributed by atoms with E-state index in [-0.39, 0.29) is 0 Å². The molecule has 0 aliphatic carbocycles. The molecular weight excluding hydrogens is 486 g/mol. The lowest BCUT2D eigenvalue weighted by Gasteiger charge is -2.09. The summed E-state index contributed by atoms with van der Waals surface area (Å²) < 4.78 is 26.4. The molecule has 0 aromatic heterocycles. The van der Waals surface area contributed by atoms with Gasteiger partial charge < -0.3 is 5.43 Å². The Bertz CT molecular complexity index is 1290. The molecule has 39 heavy (non-hydrogen) atoms. The van der Waals surface area contributed by atoms with Crippen LogP contribution in [0.5, 0.6) is 0 Å². The minimum absolute atomic E-state index is 0.644. The number of nitrogens with zero attached hydrogens (tertiary/aromatic N) is 1. The Labute approximate surface area is 233 Å². The van der Waals surface area contributed by atoms with Crippen LogP contribution in [-0.2, 0) is 12.8 Å². The minimum atomic E-state index is -0.818. The average molecular weight is 527 g/mol. The van der Waals surface area contributed by atoms with Crippen LogP contribution in [0.1, 0.15) is 49.8 Å². The molecule has 0 saturated heterocycles. The second-order valence-corrected chi connectivity index (χ2v) is 9.44. The van der Waals surface area contributed by atoms with E-state index >= 15 is 0 Å². The van der Waals surface area contributed by atoms with Gasteiger partial charge in [-0.05, 0) is 85.1 Å². The zero-order valence-electron chi connectivity index (χ0n) is 23.4. The molecule has 0 heterocycles. The molecule has 0 saturated carbocycles. The van der Waals surface area contributed by atoms with Gasteiger partial charge in [0.25, 0.3) is 0 Å². The van der Waals surface area contributed by atoms with E-state index in [1.165, 1.54) is 17.7 Å². The second-order valence-electron chi connectivity index (χ2n) is 9.44. The summed E-state index contributed by atoms with van der Waals surface area (Å²) in [6.45, 7) is 16.5. The Balaban J connectivity index is 1.92. The monoisotopic (exact) mass is 526 g/mol. The van der Waals surface area contributed by atoms with Crippen molar-refractivity contribution in [1.82, 2.24) is 5.43 Å². The van der Waals surface area contributed by atoms with Crippen LogP contribution in [0, 0.1) is 11.6 Å². The molecule has 0 spiro atoms. The number of rotatable bonds is 15. The van der Waals surface area contributed by atoms with Crippen molar-refractivity contribution in [3.05, 3.63) is 149 Å². The van der Waals surface area contributed by atoms with E-state index in [9.17, 15) is 8.78 Å². The Morgan fingerprint density at radius 1 is 0.846 bits per heavy atom. The van der Waals surface area contributed by atoms with E-state index in [2.05, 4.69) is 72.8 Å². The number of aryl methyl sites for hydroxylation is 1. The predicted molar refractivity (Wildman–Crippen MR) is 165 cm³/mol. The number of allylic oxidation sites excluding steroid dienone is 11. The molecule has 0 fully saturated rings. The summed E-state index contributed by atoms with van der Waals surface area (Å²) in [4.78, 5) is 0. The van der Waals surface area contributed by atoms with Crippen LogP contribution >= 0.6 is 0 Å². The van der Waals surface area contributed by atoms with E-state index in [1.54, 1.807) is 13.1 Å². The van der Waals surface area contributed by atoms with E-state index in [4.69, 9.17) is 0 Å². The van der Waals surface area contributed by atoms with Crippen molar-refractivity contribution in [2.45, 2.75) is 46.0 Å². The fourth-order valence-electron chi connectivity index (χ4n) is 3.97. The molecule has 0 atom stereocenters. The first-order valence-corrected chi connectivity index (χ1v) is 13.2. The predicted octanol–water partition coefficient (Wildman–Crippen LogP) is 9.26. The van der Waals surface area contributed by atoms with Crippen molar-refractivity contribution in [2.75, 3.05) is 7.05 Å². The van der Waals surface area contributed by atoms with Crippen LogP contribution in [0.15, 0.2) is 126 Å². The highest BCUT2D eigenvalue weighted by atomic mass is 19.2. The first-order valence-electron chi connectivity index (χ1n) is 13.2. The normalized spacial score (nSPS) is 12.5. The van der Waals surface area contributed by atoms with Crippen LogP contribution in [-0.4, -0.2) is 13.3 Å². The molecule has 204 valence electrons. The molecule has 4 heteroatoms. The molecule has 0 unspecified atom stereocenters. The summed E-state index contributed by atoms with van der Waals surface area (Å²) in [5.74, 6) is -1.63. The molecule has 0 radical (unpaired) electrons. The molecule has 2 nitrogen and oxygen atoms in total. The number of hydrogen-bond acceptors (Lipinski definition) is 2. The molecule has 2 rings (SSSR count). The Morgan fingerprint density at radius 3 is 2.15 bits per heavy atom. The Hall–Kier alpha value is -4.05. The minimum Gasteiger partial charge on any atom is -0.313 e. The lowest BCUT2D eigenvalue weighted by atomic mass is 9.96. The molecule has 0 aliphatic heterocycles. The van der Waals surface area contributed by atoms with E-state index in [1.807, 2.05) is 38.3 Å². The first-order chi connectivity index (χ1) is 18.7. The first kappa shape index (κ1) is 31.2. The maximum Gasteiger partial charge on any atom is 0.159 e. The largest absolute Gasteiger partial charge is 0.313 e. The lowest BCUT2D eigenvalue weighted by Crippen LogP contribution is -1.96. The summed E-state index contributed by atoms with van der Waals surface area (Å²) in [5.41, 5.74) is 11.0. The Kier molecular flexibility index (Phi) is 13.4. The fourth-order valence-corrected chi connectivity index (χ4v) is 3.97. The highest BCUT2D eigenvalue weighted by molar-refractivity contribution is 5.79. The average Bonchev–Trinajstić information content (AvgIpc) is 2.90. The maximum absolute atomic E-state index is 13.4. The van der Waals surface area contributed by atoms with Crippen molar-refractivity contribution in [1.29, 1.82) is 0 Å². The van der Waals surface area contributed by atoms with Gasteiger partial charge >= 0.3 is 0 Å². The van der Waals surface area contributed by atoms with Gasteiger partial charge in [0.05, 0.1) is 0 Å². The van der Waals surface area contributed by atoms with Crippen LogP contribution < -0.4 is 5.43 Å². The quantitative estimate of drug-likeness (QED) is 0.140. The number of nitrogens with one attached hydrogen (secondary N) is 1. The molecule has 0 aliphatic rings. The van der Waals surface area contributed by atoms with Gasteiger partial charge in [-0.3, -0.25) is 0 Å². The van der Waals surface area contributed by atoms with Gasteiger partial charge in [0.2, 0.25) is 0 Å². The van der Waals surface area contributed by atoms with Gasteiger partial charge in [0, 0.05) is 19.7 Å². The summed E-state index contributed by atoms with van der Waals surface area (Å²) in [6.07, 6.45) is 18.0. The van der Waals surface area contributed by atoms with Gasteiger partial charge in [-0.15, -0.1) is 0 Å². The molecule has 0 amide bonds. The third kappa shape index (κ3) is 11.1. The van der Waals surface area contributed by atoms with Crippen molar-refractivity contribution in [3.8, 4) is 0 Å². The number of halogens is 2. The molecular formula is C35H40F2N2. The molecule has 2 aromatic carbocycles. The summed E-state index contributed by atoms with van der Waals surface area (Å²) in [5, 5.41) is 4.03. The van der Waals surface area contributed by atoms with Crippen molar-refractivity contribution in [2.24, 2.45) is 5.10 Å². The van der Waals surface area contributed by atoms with Gasteiger partial charge in [0.1, 0.15) is 0 Å². The van der Waals surface area contributed by atoms with Crippen molar-refractivity contribution in [3.63, 3.8) is 0 Å². The van der Waals surface area contributed by atoms with Crippen LogP contribution in [0.2, 0.25) is 0 Å². The second kappa shape index (κ2) is 16.7. The topological polar surface area (TPSA) is 24.4 Å². The zero-order valence-corrected chi connectivity index (χ0v) is 23.4. The van der Waals surface area contributed by atoms with E-state index in [0.29, 0.717) is 6.42 Å². The standard InChI is InChI=1S/C35H40F2N2/c1-26(2)32(15-11-8-10-14-30-19-22-34(36)35(37)25-30)28(5)13-9-7-12-16-33(27(3)4)31-20-17-29(18-21-31)23-24-39-38-6/h7-8,11-12,15-22,24-25,38H,1,3,5,9-10,13-14,23H2,2,4,6H3/b11-8-,12-7+,32-15+,33-16+,39-24?. The van der Waals surface area contributed by atoms with Crippen molar-refractivity contribution < 1.29 is 8.78 Å². The fraction of sp³-hybridized carbons (Fsp3) is 0.229.